The monoisotopic (exact) mass is 402 g/mol. The first-order valence-electron chi connectivity index (χ1n) is 8.80. The molecular weight excluding hydrogens is 368 g/mol. The first-order chi connectivity index (χ1) is 11.7. The van der Waals surface area contributed by atoms with Crippen molar-refractivity contribution in [2.24, 2.45) is 5.92 Å². The average molecular weight is 402 g/mol. The molecule has 1 atom stereocenters. The van der Waals surface area contributed by atoms with E-state index in [9.17, 15) is 0 Å². The van der Waals surface area contributed by atoms with Gasteiger partial charge in [-0.2, -0.15) is 11.1 Å². The summed E-state index contributed by atoms with van der Waals surface area (Å²) in [5, 5.41) is 0. The van der Waals surface area contributed by atoms with E-state index in [-0.39, 0.29) is 21.7 Å². The minimum absolute atomic E-state index is 0. The van der Waals surface area contributed by atoms with Gasteiger partial charge in [-0.25, -0.2) is 5.57 Å². The Bertz CT molecular complexity index is 627. The number of hydrogen-bond acceptors (Lipinski definition) is 1. The fourth-order valence-corrected chi connectivity index (χ4v) is 1.92. The Hall–Kier alpha value is -1.09. The number of allylic oxidation sites excluding steroid dienone is 6. The van der Waals surface area contributed by atoms with Crippen molar-refractivity contribution in [2.75, 3.05) is 0 Å². The molecule has 0 amide bonds. The summed E-state index contributed by atoms with van der Waals surface area (Å²) in [5.41, 5.74) is 6.33. The van der Waals surface area contributed by atoms with Gasteiger partial charge in [-0.15, -0.1) is 6.92 Å². The van der Waals surface area contributed by atoms with E-state index in [0.717, 1.165) is 26.4 Å². The normalized spacial score (nSPS) is 15.6. The zero-order valence-electron chi connectivity index (χ0n) is 17.7. The van der Waals surface area contributed by atoms with Gasteiger partial charge in [-0.1, -0.05) is 70.1 Å². The van der Waals surface area contributed by atoms with E-state index in [1.807, 2.05) is 44.2 Å². The van der Waals surface area contributed by atoms with Crippen molar-refractivity contribution in [1.29, 1.82) is 0 Å². The van der Waals surface area contributed by atoms with Gasteiger partial charge in [0.15, 0.2) is 0 Å². The minimum atomic E-state index is 0. The van der Waals surface area contributed by atoms with Crippen LogP contribution in [0.2, 0.25) is 13.1 Å². The molecule has 141 valence electrons. The SMILES string of the molecule is C=C(C)C(C)=COc1ccccc1.CC1=[C-]C(C)C(C)=C1C.C[SiH]C.[Ti]. The molecule has 1 aromatic carbocycles. The molecule has 26 heavy (non-hydrogen) atoms. The molecular formula is C23H34OSiTi-. The van der Waals surface area contributed by atoms with E-state index >= 15 is 0 Å². The third kappa shape index (κ3) is 10.8. The molecule has 1 aromatic rings. The summed E-state index contributed by atoms with van der Waals surface area (Å²) in [7, 11) is 0.750. The molecule has 0 spiro atoms. The third-order valence-electron chi connectivity index (χ3n) is 4.02. The maximum absolute atomic E-state index is 5.41. The van der Waals surface area contributed by atoms with Crippen LogP contribution in [0, 0.1) is 12.0 Å². The van der Waals surface area contributed by atoms with E-state index in [1.165, 1.54) is 16.7 Å². The van der Waals surface area contributed by atoms with Crippen LogP contribution in [0.3, 0.4) is 0 Å². The topological polar surface area (TPSA) is 9.23 Å². The summed E-state index contributed by atoms with van der Waals surface area (Å²) < 4.78 is 5.41. The standard InChI is InChI=1S/C12H14O.C9H13.C2H7Si.Ti/c1-10(2)11(3)9-13-12-7-5-4-6-8-12;1-6-5-7(2)9(4)8(6)3;1-3-2;/h4-9H,1H2,2-3H3;6H,1-4H3;3H,1-2H3;/q;-1;;. The van der Waals surface area contributed by atoms with Crippen LogP contribution in [0.15, 0.2) is 71.0 Å². The molecule has 0 heterocycles. The first-order valence-corrected chi connectivity index (χ1v) is 11.1. The number of hydrogen-bond donors (Lipinski definition) is 0. The average Bonchev–Trinajstić information content (AvgIpc) is 2.81. The van der Waals surface area contributed by atoms with E-state index in [0.29, 0.717) is 5.92 Å². The number of rotatable bonds is 3. The van der Waals surface area contributed by atoms with Crippen LogP contribution in [0.5, 0.6) is 5.75 Å². The summed E-state index contributed by atoms with van der Waals surface area (Å²) in [5.74, 6) is 1.41. The van der Waals surface area contributed by atoms with Crippen LogP contribution in [0.1, 0.15) is 41.5 Å². The summed E-state index contributed by atoms with van der Waals surface area (Å²) in [6.07, 6.45) is 5.08. The Kier molecular flexibility index (Phi) is 15.7. The third-order valence-corrected chi connectivity index (χ3v) is 4.02. The molecule has 2 rings (SSSR count). The predicted octanol–water partition coefficient (Wildman–Crippen LogP) is 6.78. The molecule has 0 aromatic heterocycles. The van der Waals surface area contributed by atoms with E-state index < -0.39 is 0 Å². The molecule has 0 fully saturated rings. The maximum atomic E-state index is 5.41. The Morgan fingerprint density at radius 2 is 1.62 bits per heavy atom. The van der Waals surface area contributed by atoms with Crippen molar-refractivity contribution < 1.29 is 26.5 Å². The van der Waals surface area contributed by atoms with Crippen molar-refractivity contribution in [3.8, 4) is 5.75 Å². The maximum Gasteiger partial charge on any atom is 0.126 e. The molecule has 0 N–H and O–H groups in total. The number of para-hydroxylation sites is 1. The van der Waals surface area contributed by atoms with Gasteiger partial charge in [-0.05, 0) is 31.6 Å². The Labute approximate surface area is 179 Å². The predicted molar refractivity (Wildman–Crippen MR) is 114 cm³/mol. The molecule has 1 radical (unpaired) electrons. The quantitative estimate of drug-likeness (QED) is 0.234. The Morgan fingerprint density at radius 3 is 1.92 bits per heavy atom. The first kappa shape index (κ1) is 27.1. The number of benzene rings is 1. The summed E-state index contributed by atoms with van der Waals surface area (Å²) in [6, 6.07) is 9.69. The molecule has 0 aliphatic heterocycles. The zero-order valence-corrected chi connectivity index (χ0v) is 20.5. The summed E-state index contributed by atoms with van der Waals surface area (Å²) in [4.78, 5) is 0. The van der Waals surface area contributed by atoms with Crippen molar-refractivity contribution >= 4 is 9.52 Å². The van der Waals surface area contributed by atoms with Crippen LogP contribution in [0.25, 0.3) is 0 Å². The minimum Gasteiger partial charge on any atom is -0.465 e. The van der Waals surface area contributed by atoms with Crippen LogP contribution in [0.4, 0.5) is 0 Å². The van der Waals surface area contributed by atoms with Gasteiger partial charge in [-0.3, -0.25) is 6.08 Å². The van der Waals surface area contributed by atoms with Gasteiger partial charge < -0.3 is 4.74 Å². The van der Waals surface area contributed by atoms with Gasteiger partial charge >= 0.3 is 0 Å². The number of ether oxygens (including phenoxy) is 1. The fourth-order valence-electron chi connectivity index (χ4n) is 1.92. The van der Waals surface area contributed by atoms with Crippen LogP contribution >= 0.6 is 0 Å². The largest absolute Gasteiger partial charge is 0.465 e. The van der Waals surface area contributed by atoms with E-state index in [2.05, 4.69) is 53.4 Å². The van der Waals surface area contributed by atoms with Gasteiger partial charge in [0.1, 0.15) is 5.75 Å². The van der Waals surface area contributed by atoms with Crippen molar-refractivity contribution in [1.82, 2.24) is 0 Å². The summed E-state index contributed by atoms with van der Waals surface area (Å²) >= 11 is 0. The van der Waals surface area contributed by atoms with Crippen molar-refractivity contribution in [2.45, 2.75) is 54.6 Å². The van der Waals surface area contributed by atoms with Gasteiger partial charge in [0, 0.05) is 31.2 Å². The second kappa shape index (κ2) is 15.0. The molecule has 0 saturated heterocycles. The van der Waals surface area contributed by atoms with Crippen LogP contribution in [-0.4, -0.2) is 9.52 Å². The Balaban J connectivity index is 0. The molecule has 3 heteroatoms. The van der Waals surface area contributed by atoms with Gasteiger partial charge in [0.2, 0.25) is 0 Å². The molecule has 1 unspecified atom stereocenters. The van der Waals surface area contributed by atoms with Gasteiger partial charge in [0.25, 0.3) is 0 Å². The molecule has 1 aliphatic carbocycles. The van der Waals surface area contributed by atoms with Crippen LogP contribution in [-0.2, 0) is 21.7 Å². The smallest absolute Gasteiger partial charge is 0.126 e. The molecule has 0 bridgehead atoms. The second-order valence-electron chi connectivity index (χ2n) is 6.39. The van der Waals surface area contributed by atoms with E-state index in [1.54, 1.807) is 6.26 Å². The second-order valence-corrected chi connectivity index (χ2v) is 7.54. The van der Waals surface area contributed by atoms with Gasteiger partial charge in [0.05, 0.1) is 6.26 Å². The Morgan fingerprint density at radius 1 is 1.12 bits per heavy atom. The molecule has 1 aliphatic rings. The molecule has 1 nitrogen and oxygen atoms in total. The fraction of sp³-hybridized carbons (Fsp3) is 0.391. The van der Waals surface area contributed by atoms with Crippen LogP contribution < -0.4 is 4.74 Å². The zero-order chi connectivity index (χ0) is 19.4. The summed E-state index contributed by atoms with van der Waals surface area (Å²) in [6.45, 7) is 20.8. The van der Waals surface area contributed by atoms with Crippen molar-refractivity contribution in [3.05, 3.63) is 77.1 Å². The molecule has 0 saturated carbocycles. The van der Waals surface area contributed by atoms with Crippen molar-refractivity contribution in [3.63, 3.8) is 0 Å². The van der Waals surface area contributed by atoms with E-state index in [4.69, 9.17) is 4.74 Å².